The minimum Gasteiger partial charge on any atom is -0.374 e. The number of aliphatic imine (C=N–C) groups is 1. The maximum absolute atomic E-state index is 5.91. The van der Waals surface area contributed by atoms with Gasteiger partial charge in [-0.15, -0.1) is 11.3 Å². The number of hydrogen-bond donors (Lipinski definition) is 2. The van der Waals surface area contributed by atoms with Crippen LogP contribution in [0.4, 0.5) is 0 Å². The zero-order valence-corrected chi connectivity index (χ0v) is 17.7. The number of nitrogens with zero attached hydrogens (tertiary/aromatic N) is 2. The smallest absolute Gasteiger partial charge is 0.191 e. The maximum atomic E-state index is 5.91. The molecule has 0 bridgehead atoms. The second kappa shape index (κ2) is 11.7. The SMILES string of the molecule is CCNC(=NCCCOC(C)c1ccccc1)NCCc1sc(C)nc1C. The number of guanidine groups is 1. The molecule has 6 heteroatoms. The Morgan fingerprint density at radius 3 is 2.67 bits per heavy atom. The molecule has 1 heterocycles. The Kier molecular flexibility index (Phi) is 9.28. The molecule has 1 aromatic heterocycles. The van der Waals surface area contributed by atoms with Crippen LogP contribution in [0.1, 0.15) is 47.5 Å². The molecule has 0 aliphatic heterocycles. The van der Waals surface area contributed by atoms with E-state index in [1.807, 2.05) is 18.2 Å². The van der Waals surface area contributed by atoms with Crippen LogP contribution in [0.3, 0.4) is 0 Å². The first-order valence-corrected chi connectivity index (χ1v) is 10.5. The van der Waals surface area contributed by atoms with E-state index in [2.05, 4.69) is 60.4 Å². The first-order valence-electron chi connectivity index (χ1n) is 9.71. The summed E-state index contributed by atoms with van der Waals surface area (Å²) >= 11 is 1.78. The minimum absolute atomic E-state index is 0.118. The fourth-order valence-electron chi connectivity index (χ4n) is 2.78. The zero-order valence-electron chi connectivity index (χ0n) is 16.9. The molecule has 2 N–H and O–H groups in total. The van der Waals surface area contributed by atoms with Crippen LogP contribution < -0.4 is 10.6 Å². The number of nitrogens with one attached hydrogen (secondary N) is 2. The average Bonchev–Trinajstić information content (AvgIpc) is 2.99. The van der Waals surface area contributed by atoms with E-state index in [0.29, 0.717) is 6.61 Å². The lowest BCUT2D eigenvalue weighted by Gasteiger charge is -2.13. The van der Waals surface area contributed by atoms with Gasteiger partial charge in [-0.25, -0.2) is 4.98 Å². The van der Waals surface area contributed by atoms with Crippen molar-refractivity contribution in [2.45, 2.75) is 46.6 Å². The molecule has 1 unspecified atom stereocenters. The molecule has 0 spiro atoms. The molecule has 0 radical (unpaired) electrons. The number of ether oxygens (including phenoxy) is 1. The third kappa shape index (κ3) is 7.69. The van der Waals surface area contributed by atoms with E-state index >= 15 is 0 Å². The van der Waals surface area contributed by atoms with Crippen molar-refractivity contribution in [1.29, 1.82) is 0 Å². The molecule has 5 nitrogen and oxygen atoms in total. The first-order chi connectivity index (χ1) is 13.1. The highest BCUT2D eigenvalue weighted by Crippen LogP contribution is 2.17. The zero-order chi connectivity index (χ0) is 19.5. The molecular weight excluding hydrogens is 356 g/mol. The Morgan fingerprint density at radius 1 is 1.22 bits per heavy atom. The van der Waals surface area contributed by atoms with Gasteiger partial charge in [0, 0.05) is 37.5 Å². The van der Waals surface area contributed by atoms with Crippen LogP contribution >= 0.6 is 11.3 Å². The van der Waals surface area contributed by atoms with E-state index < -0.39 is 0 Å². The van der Waals surface area contributed by atoms with Gasteiger partial charge in [0.2, 0.25) is 0 Å². The molecule has 148 valence electrons. The highest BCUT2D eigenvalue weighted by atomic mass is 32.1. The molecule has 0 fully saturated rings. The largest absolute Gasteiger partial charge is 0.374 e. The van der Waals surface area contributed by atoms with Gasteiger partial charge in [-0.3, -0.25) is 4.99 Å². The molecule has 2 aromatic rings. The molecule has 0 saturated heterocycles. The molecule has 0 aliphatic carbocycles. The summed E-state index contributed by atoms with van der Waals surface area (Å²) < 4.78 is 5.91. The van der Waals surface area contributed by atoms with Crippen molar-refractivity contribution in [3.05, 3.63) is 51.5 Å². The summed E-state index contributed by atoms with van der Waals surface area (Å²) in [4.78, 5) is 10.5. The molecule has 2 rings (SSSR count). The normalized spacial score (nSPS) is 12.8. The predicted molar refractivity (Wildman–Crippen MR) is 115 cm³/mol. The van der Waals surface area contributed by atoms with Gasteiger partial charge in [0.05, 0.1) is 16.8 Å². The van der Waals surface area contributed by atoms with E-state index in [-0.39, 0.29) is 6.10 Å². The van der Waals surface area contributed by atoms with Crippen LogP contribution in [-0.2, 0) is 11.2 Å². The summed E-state index contributed by atoms with van der Waals surface area (Å²) in [7, 11) is 0. The number of thiazole rings is 1. The average molecular weight is 389 g/mol. The summed E-state index contributed by atoms with van der Waals surface area (Å²) in [5.74, 6) is 0.868. The van der Waals surface area contributed by atoms with Crippen LogP contribution in [0.15, 0.2) is 35.3 Å². The second-order valence-electron chi connectivity index (χ2n) is 6.46. The molecule has 0 amide bonds. The molecular formula is C21H32N4OS. The second-order valence-corrected chi connectivity index (χ2v) is 7.74. The minimum atomic E-state index is 0.118. The molecule has 0 aliphatic rings. The van der Waals surface area contributed by atoms with Crippen molar-refractivity contribution >= 4 is 17.3 Å². The third-order valence-corrected chi connectivity index (χ3v) is 5.33. The van der Waals surface area contributed by atoms with Crippen LogP contribution in [0.5, 0.6) is 0 Å². The van der Waals surface area contributed by atoms with Gasteiger partial charge in [0.1, 0.15) is 0 Å². The Bertz CT molecular complexity index is 699. The fraction of sp³-hybridized carbons (Fsp3) is 0.524. The lowest BCUT2D eigenvalue weighted by molar-refractivity contribution is 0.0652. The van der Waals surface area contributed by atoms with Crippen molar-refractivity contribution in [3.8, 4) is 0 Å². The number of benzene rings is 1. The van der Waals surface area contributed by atoms with E-state index in [1.54, 1.807) is 11.3 Å². The molecule has 0 saturated carbocycles. The van der Waals surface area contributed by atoms with Crippen molar-refractivity contribution in [1.82, 2.24) is 15.6 Å². The van der Waals surface area contributed by atoms with Gasteiger partial charge >= 0.3 is 0 Å². The van der Waals surface area contributed by atoms with Gasteiger partial charge in [-0.1, -0.05) is 30.3 Å². The quantitative estimate of drug-likeness (QED) is 0.367. The maximum Gasteiger partial charge on any atom is 0.191 e. The van der Waals surface area contributed by atoms with Crippen LogP contribution in [0.2, 0.25) is 0 Å². The lowest BCUT2D eigenvalue weighted by atomic mass is 10.1. The van der Waals surface area contributed by atoms with Crippen molar-refractivity contribution in [2.24, 2.45) is 4.99 Å². The number of hydrogen-bond acceptors (Lipinski definition) is 4. The van der Waals surface area contributed by atoms with Gasteiger partial charge in [-0.2, -0.15) is 0 Å². The van der Waals surface area contributed by atoms with E-state index in [0.717, 1.165) is 49.1 Å². The Hall–Kier alpha value is -1.92. The lowest BCUT2D eigenvalue weighted by Crippen LogP contribution is -2.38. The number of rotatable bonds is 10. The topological polar surface area (TPSA) is 58.5 Å². The van der Waals surface area contributed by atoms with Crippen molar-refractivity contribution in [2.75, 3.05) is 26.2 Å². The summed E-state index contributed by atoms with van der Waals surface area (Å²) in [6, 6.07) is 10.3. The summed E-state index contributed by atoms with van der Waals surface area (Å²) in [5, 5.41) is 7.84. The number of aromatic nitrogens is 1. The number of aryl methyl sites for hydroxylation is 2. The highest BCUT2D eigenvalue weighted by Gasteiger charge is 2.06. The van der Waals surface area contributed by atoms with E-state index in [4.69, 9.17) is 4.74 Å². The third-order valence-electron chi connectivity index (χ3n) is 4.20. The molecule has 1 aromatic carbocycles. The summed E-state index contributed by atoms with van der Waals surface area (Å²) in [5.41, 5.74) is 2.36. The summed E-state index contributed by atoms with van der Waals surface area (Å²) in [6.45, 7) is 11.5. The predicted octanol–water partition coefficient (Wildman–Crippen LogP) is 4.03. The van der Waals surface area contributed by atoms with Gasteiger partial charge in [0.15, 0.2) is 5.96 Å². The molecule has 27 heavy (non-hydrogen) atoms. The Balaban J connectivity index is 1.69. The van der Waals surface area contributed by atoms with E-state index in [9.17, 15) is 0 Å². The van der Waals surface area contributed by atoms with Gasteiger partial charge in [-0.05, 0) is 39.7 Å². The Morgan fingerprint density at radius 2 is 2.00 bits per heavy atom. The van der Waals surface area contributed by atoms with Gasteiger partial charge in [0.25, 0.3) is 0 Å². The molecule has 1 atom stereocenters. The Labute approximate surface area is 167 Å². The summed E-state index contributed by atoms with van der Waals surface area (Å²) in [6.07, 6.45) is 1.99. The highest BCUT2D eigenvalue weighted by molar-refractivity contribution is 7.11. The first kappa shape index (κ1) is 21.4. The monoisotopic (exact) mass is 388 g/mol. The van der Waals surface area contributed by atoms with Crippen LogP contribution in [0.25, 0.3) is 0 Å². The standard InChI is InChI=1S/C21H32N4OS/c1-5-22-21(24-14-12-20-16(2)25-18(4)27-20)23-13-9-15-26-17(3)19-10-7-6-8-11-19/h6-8,10-11,17H,5,9,12-15H2,1-4H3,(H2,22,23,24). The van der Waals surface area contributed by atoms with E-state index in [1.165, 1.54) is 10.4 Å². The van der Waals surface area contributed by atoms with Crippen LogP contribution in [0, 0.1) is 13.8 Å². The van der Waals surface area contributed by atoms with Gasteiger partial charge < -0.3 is 15.4 Å². The van der Waals surface area contributed by atoms with Crippen molar-refractivity contribution < 1.29 is 4.74 Å². The fourth-order valence-corrected chi connectivity index (χ4v) is 3.71. The van der Waals surface area contributed by atoms with Crippen LogP contribution in [-0.4, -0.2) is 37.2 Å². The van der Waals surface area contributed by atoms with Crippen molar-refractivity contribution in [3.63, 3.8) is 0 Å².